The molecule has 9 aromatic carbocycles. The average Bonchev–Trinajstić information content (AvgIpc) is 3.89. The molecule has 0 atom stereocenters. The van der Waals surface area contributed by atoms with Crippen LogP contribution in [-0.2, 0) is 5.41 Å². The molecule has 0 saturated heterocycles. The number of para-hydroxylation sites is 1. The summed E-state index contributed by atoms with van der Waals surface area (Å²) < 4.78 is 6.79. The van der Waals surface area contributed by atoms with Crippen molar-refractivity contribution in [2.75, 3.05) is 0 Å². The van der Waals surface area contributed by atoms with Crippen LogP contribution in [0, 0.1) is 0 Å². The fourth-order valence-electron chi connectivity index (χ4n) is 9.68. The molecule has 62 heavy (non-hydrogen) atoms. The topological polar surface area (TPSA) is 51.8 Å². The standard InChI is InChI=1S/C58H37N3O/c1-4-18-38(19-5-1)40-22-16-23-41(36-40)45-34-35-49(53-48-30-12-15-33-52(48)62-54(45)53)57-60-55(39-20-6-2-7-21-39)59-56(61-57)42-24-17-27-44(37-42)58(43-25-8-3-9-26-43)50-31-13-10-28-46(50)47-29-11-14-32-51(47)58/h1-37H. The van der Waals surface area contributed by atoms with E-state index in [1.807, 2.05) is 36.4 Å². The van der Waals surface area contributed by atoms with Crippen LogP contribution in [0.2, 0.25) is 0 Å². The molecule has 12 rings (SSSR count). The molecule has 11 aromatic rings. The summed E-state index contributed by atoms with van der Waals surface area (Å²) in [5.74, 6) is 1.78. The Morgan fingerprint density at radius 2 is 0.839 bits per heavy atom. The van der Waals surface area contributed by atoms with Gasteiger partial charge in [0.15, 0.2) is 17.5 Å². The summed E-state index contributed by atoms with van der Waals surface area (Å²) >= 11 is 0. The molecule has 4 heteroatoms. The van der Waals surface area contributed by atoms with Crippen molar-refractivity contribution in [1.82, 2.24) is 15.0 Å². The number of aromatic nitrogens is 3. The van der Waals surface area contributed by atoms with Gasteiger partial charge < -0.3 is 4.42 Å². The minimum atomic E-state index is -0.557. The molecule has 1 aliphatic rings. The van der Waals surface area contributed by atoms with Crippen LogP contribution in [0.15, 0.2) is 229 Å². The monoisotopic (exact) mass is 791 g/mol. The van der Waals surface area contributed by atoms with Crippen molar-refractivity contribution < 1.29 is 4.42 Å². The number of hydrogen-bond donors (Lipinski definition) is 0. The van der Waals surface area contributed by atoms with Crippen molar-refractivity contribution in [3.8, 4) is 67.5 Å². The fourth-order valence-corrected chi connectivity index (χ4v) is 9.68. The van der Waals surface area contributed by atoms with E-state index in [1.165, 1.54) is 27.8 Å². The Kier molecular flexibility index (Phi) is 8.36. The van der Waals surface area contributed by atoms with Crippen LogP contribution in [0.3, 0.4) is 0 Å². The first-order chi connectivity index (χ1) is 30.7. The molecule has 0 N–H and O–H groups in total. The minimum Gasteiger partial charge on any atom is -0.455 e. The maximum atomic E-state index is 6.79. The predicted molar refractivity (Wildman–Crippen MR) is 252 cm³/mol. The van der Waals surface area contributed by atoms with E-state index < -0.39 is 5.41 Å². The van der Waals surface area contributed by atoms with Crippen molar-refractivity contribution in [2.45, 2.75) is 5.41 Å². The smallest absolute Gasteiger partial charge is 0.164 e. The molecule has 0 radical (unpaired) electrons. The Balaban J connectivity index is 1.08. The first kappa shape index (κ1) is 35.7. The van der Waals surface area contributed by atoms with Gasteiger partial charge >= 0.3 is 0 Å². The van der Waals surface area contributed by atoms with Crippen LogP contribution in [-0.4, -0.2) is 15.0 Å². The molecule has 0 fully saturated rings. The second kappa shape index (κ2) is 14.5. The summed E-state index contributed by atoms with van der Waals surface area (Å²) in [6.45, 7) is 0. The van der Waals surface area contributed by atoms with Gasteiger partial charge in [0.2, 0.25) is 0 Å². The summed E-state index contributed by atoms with van der Waals surface area (Å²) in [4.78, 5) is 15.9. The summed E-state index contributed by atoms with van der Waals surface area (Å²) in [6, 6.07) is 79.2. The Morgan fingerprint density at radius 3 is 1.58 bits per heavy atom. The van der Waals surface area contributed by atoms with Crippen LogP contribution >= 0.6 is 0 Å². The lowest BCUT2D eigenvalue weighted by molar-refractivity contribution is 0.670. The van der Waals surface area contributed by atoms with Gasteiger partial charge in [-0.05, 0) is 80.4 Å². The van der Waals surface area contributed by atoms with Crippen molar-refractivity contribution in [1.29, 1.82) is 0 Å². The molecule has 290 valence electrons. The Labute approximate surface area is 359 Å². The highest BCUT2D eigenvalue weighted by Gasteiger charge is 2.46. The number of benzene rings is 9. The quantitative estimate of drug-likeness (QED) is 0.161. The maximum Gasteiger partial charge on any atom is 0.164 e. The summed E-state index contributed by atoms with van der Waals surface area (Å²) in [5, 5.41) is 1.97. The third-order valence-electron chi connectivity index (χ3n) is 12.4. The van der Waals surface area contributed by atoms with Gasteiger partial charge in [0, 0.05) is 33.0 Å². The van der Waals surface area contributed by atoms with Crippen molar-refractivity contribution in [2.24, 2.45) is 0 Å². The van der Waals surface area contributed by atoms with Gasteiger partial charge in [-0.15, -0.1) is 0 Å². The van der Waals surface area contributed by atoms with Crippen LogP contribution in [0.4, 0.5) is 0 Å². The largest absolute Gasteiger partial charge is 0.455 e. The highest BCUT2D eigenvalue weighted by Crippen LogP contribution is 2.56. The van der Waals surface area contributed by atoms with Crippen LogP contribution in [0.5, 0.6) is 0 Å². The third kappa shape index (κ3) is 5.65. The number of rotatable bonds is 7. The average molecular weight is 792 g/mol. The highest BCUT2D eigenvalue weighted by molar-refractivity contribution is 6.16. The van der Waals surface area contributed by atoms with E-state index in [9.17, 15) is 0 Å². The SMILES string of the molecule is c1ccc(-c2cccc(-c3ccc(-c4nc(-c5ccccc5)nc(-c5cccc(C6(c7ccccc7)c7ccccc7-c7ccccc76)c5)n4)c4c3oc3ccccc34)c2)cc1. The lowest BCUT2D eigenvalue weighted by atomic mass is 9.67. The zero-order valence-electron chi connectivity index (χ0n) is 33.6. The van der Waals surface area contributed by atoms with Gasteiger partial charge in [-0.25, -0.2) is 15.0 Å². The molecule has 0 bridgehead atoms. The lowest BCUT2D eigenvalue weighted by Gasteiger charge is -2.34. The highest BCUT2D eigenvalue weighted by atomic mass is 16.3. The first-order valence-electron chi connectivity index (χ1n) is 21.0. The first-order valence-corrected chi connectivity index (χ1v) is 21.0. The van der Waals surface area contributed by atoms with Gasteiger partial charge in [0.1, 0.15) is 11.2 Å². The number of fused-ring (bicyclic) bond motifs is 6. The number of nitrogens with zero attached hydrogens (tertiary/aromatic N) is 3. The van der Waals surface area contributed by atoms with E-state index in [-0.39, 0.29) is 0 Å². The van der Waals surface area contributed by atoms with Crippen LogP contribution in [0.25, 0.3) is 89.5 Å². The minimum absolute atomic E-state index is 0.557. The van der Waals surface area contributed by atoms with E-state index in [0.717, 1.165) is 66.4 Å². The van der Waals surface area contributed by atoms with E-state index in [2.05, 4.69) is 188 Å². The van der Waals surface area contributed by atoms with Crippen molar-refractivity contribution in [3.05, 3.63) is 247 Å². The third-order valence-corrected chi connectivity index (χ3v) is 12.4. The number of hydrogen-bond acceptors (Lipinski definition) is 4. The Morgan fingerprint density at radius 1 is 0.323 bits per heavy atom. The molecule has 2 aromatic heterocycles. The summed E-state index contributed by atoms with van der Waals surface area (Å²) in [6.07, 6.45) is 0. The molecule has 0 spiro atoms. The van der Waals surface area contributed by atoms with E-state index >= 15 is 0 Å². The molecule has 0 unspecified atom stereocenters. The molecule has 4 nitrogen and oxygen atoms in total. The van der Waals surface area contributed by atoms with Crippen LogP contribution < -0.4 is 0 Å². The van der Waals surface area contributed by atoms with E-state index in [1.54, 1.807) is 0 Å². The summed E-state index contributed by atoms with van der Waals surface area (Å²) in [5.41, 5.74) is 15.5. The van der Waals surface area contributed by atoms with E-state index in [4.69, 9.17) is 19.4 Å². The maximum absolute atomic E-state index is 6.79. The zero-order valence-corrected chi connectivity index (χ0v) is 33.6. The van der Waals surface area contributed by atoms with Gasteiger partial charge in [-0.1, -0.05) is 194 Å². The number of furan rings is 1. The lowest BCUT2D eigenvalue weighted by Crippen LogP contribution is -2.28. The van der Waals surface area contributed by atoms with Gasteiger partial charge in [-0.2, -0.15) is 0 Å². The second-order valence-electron chi connectivity index (χ2n) is 15.9. The Bertz CT molecular complexity index is 3420. The summed E-state index contributed by atoms with van der Waals surface area (Å²) in [7, 11) is 0. The molecular weight excluding hydrogens is 755 g/mol. The Hall–Kier alpha value is -8.21. The van der Waals surface area contributed by atoms with Crippen molar-refractivity contribution in [3.63, 3.8) is 0 Å². The molecule has 0 saturated carbocycles. The normalized spacial score (nSPS) is 12.6. The zero-order chi connectivity index (χ0) is 41.0. The van der Waals surface area contributed by atoms with Gasteiger partial charge in [-0.3, -0.25) is 0 Å². The second-order valence-corrected chi connectivity index (χ2v) is 15.9. The predicted octanol–water partition coefficient (Wildman–Crippen LogP) is 14.5. The van der Waals surface area contributed by atoms with Gasteiger partial charge in [0.25, 0.3) is 0 Å². The van der Waals surface area contributed by atoms with Gasteiger partial charge in [0.05, 0.1) is 5.41 Å². The van der Waals surface area contributed by atoms with Crippen molar-refractivity contribution >= 4 is 21.9 Å². The fraction of sp³-hybridized carbons (Fsp3) is 0.0172. The van der Waals surface area contributed by atoms with E-state index in [0.29, 0.717) is 17.5 Å². The molecule has 0 aliphatic heterocycles. The molecule has 0 amide bonds. The van der Waals surface area contributed by atoms with Crippen LogP contribution in [0.1, 0.15) is 22.3 Å². The molecule has 2 heterocycles. The molecule has 1 aliphatic carbocycles. The molecular formula is C58H37N3O.